The largest absolute Gasteiger partial charge is 0.352 e. The van der Waals surface area contributed by atoms with Gasteiger partial charge in [-0.25, -0.2) is 9.37 Å². The minimum atomic E-state index is -1.25. The SMILES string of the molecule is CC(C)CCCNC(=O)c1ccnc(F)c1F. The van der Waals surface area contributed by atoms with E-state index in [2.05, 4.69) is 24.1 Å². The van der Waals surface area contributed by atoms with Crippen molar-refractivity contribution in [3.8, 4) is 0 Å². The maximum atomic E-state index is 13.2. The van der Waals surface area contributed by atoms with Crippen LogP contribution < -0.4 is 5.32 Å². The van der Waals surface area contributed by atoms with Gasteiger partial charge in [-0.3, -0.25) is 4.79 Å². The van der Waals surface area contributed by atoms with Crippen molar-refractivity contribution in [3.63, 3.8) is 0 Å². The fourth-order valence-corrected chi connectivity index (χ4v) is 1.40. The van der Waals surface area contributed by atoms with E-state index < -0.39 is 17.7 Å². The summed E-state index contributed by atoms with van der Waals surface area (Å²) in [6.07, 6.45) is 2.87. The molecule has 0 saturated carbocycles. The first kappa shape index (κ1) is 13.5. The zero-order chi connectivity index (χ0) is 12.8. The van der Waals surface area contributed by atoms with Crippen LogP contribution in [0.4, 0.5) is 8.78 Å². The molecule has 0 aliphatic heterocycles. The maximum absolute atomic E-state index is 13.2. The second-order valence-electron chi connectivity index (χ2n) is 4.26. The topological polar surface area (TPSA) is 42.0 Å². The van der Waals surface area contributed by atoms with Crippen molar-refractivity contribution in [1.29, 1.82) is 0 Å². The summed E-state index contributed by atoms with van der Waals surface area (Å²) in [5.41, 5.74) is -0.304. The third-order valence-corrected chi connectivity index (χ3v) is 2.34. The number of rotatable bonds is 5. The molecule has 1 aromatic rings. The second kappa shape index (κ2) is 6.27. The number of nitrogens with one attached hydrogen (secondary N) is 1. The lowest BCUT2D eigenvalue weighted by Crippen LogP contribution is -2.26. The molecule has 0 aromatic carbocycles. The highest BCUT2D eigenvalue weighted by atomic mass is 19.2. The zero-order valence-corrected chi connectivity index (χ0v) is 9.96. The summed E-state index contributed by atoms with van der Waals surface area (Å²) < 4.78 is 26.0. The van der Waals surface area contributed by atoms with Crippen LogP contribution in [0.2, 0.25) is 0 Å². The van der Waals surface area contributed by atoms with Crippen LogP contribution in [-0.4, -0.2) is 17.4 Å². The Balaban J connectivity index is 2.50. The molecule has 1 rings (SSSR count). The van der Waals surface area contributed by atoms with E-state index in [4.69, 9.17) is 0 Å². The standard InChI is InChI=1S/C12H16F2N2O/c1-8(2)4-3-6-16-12(17)9-5-7-15-11(14)10(9)13/h5,7-8H,3-4,6H2,1-2H3,(H,16,17). The summed E-state index contributed by atoms with van der Waals surface area (Å²) in [6, 6.07) is 1.16. The smallest absolute Gasteiger partial charge is 0.254 e. The van der Waals surface area contributed by atoms with Crippen LogP contribution in [0, 0.1) is 17.7 Å². The number of hydrogen-bond donors (Lipinski definition) is 1. The Hall–Kier alpha value is -1.52. The van der Waals surface area contributed by atoms with E-state index in [1.807, 2.05) is 0 Å². The molecule has 0 aliphatic carbocycles. The van der Waals surface area contributed by atoms with Crippen molar-refractivity contribution in [3.05, 3.63) is 29.6 Å². The number of pyridine rings is 1. The van der Waals surface area contributed by atoms with Gasteiger partial charge in [0, 0.05) is 12.7 Å². The van der Waals surface area contributed by atoms with Gasteiger partial charge in [0.25, 0.3) is 5.91 Å². The van der Waals surface area contributed by atoms with Crippen LogP contribution in [-0.2, 0) is 0 Å². The Bertz CT molecular complexity index is 394. The molecule has 0 fully saturated rings. The van der Waals surface area contributed by atoms with Crippen molar-refractivity contribution in [2.24, 2.45) is 5.92 Å². The van der Waals surface area contributed by atoms with E-state index >= 15 is 0 Å². The molecule has 0 bridgehead atoms. The highest BCUT2D eigenvalue weighted by molar-refractivity contribution is 5.94. The van der Waals surface area contributed by atoms with Crippen molar-refractivity contribution < 1.29 is 13.6 Å². The minimum Gasteiger partial charge on any atom is -0.352 e. The predicted octanol–water partition coefficient (Wildman–Crippen LogP) is 2.53. The molecule has 5 heteroatoms. The first-order valence-corrected chi connectivity index (χ1v) is 5.60. The molecule has 0 unspecified atom stereocenters. The molecule has 3 nitrogen and oxygen atoms in total. The number of aromatic nitrogens is 1. The van der Waals surface area contributed by atoms with E-state index in [9.17, 15) is 13.6 Å². The molecule has 0 saturated heterocycles. The van der Waals surface area contributed by atoms with Gasteiger partial charge in [0.1, 0.15) is 0 Å². The number of carbonyl (C=O) groups is 1. The van der Waals surface area contributed by atoms with Gasteiger partial charge >= 0.3 is 0 Å². The molecule has 0 aliphatic rings. The monoisotopic (exact) mass is 242 g/mol. The summed E-state index contributed by atoms with van der Waals surface area (Å²) >= 11 is 0. The number of carbonyl (C=O) groups excluding carboxylic acids is 1. The lowest BCUT2D eigenvalue weighted by Gasteiger charge is -2.07. The Morgan fingerprint density at radius 2 is 2.18 bits per heavy atom. The number of halogens is 2. The second-order valence-corrected chi connectivity index (χ2v) is 4.26. The fourth-order valence-electron chi connectivity index (χ4n) is 1.40. The Kier molecular flexibility index (Phi) is 5.00. The van der Waals surface area contributed by atoms with Gasteiger partial charge in [-0.05, 0) is 24.8 Å². The number of nitrogens with zero attached hydrogens (tertiary/aromatic N) is 1. The van der Waals surface area contributed by atoms with Crippen LogP contribution in [0.15, 0.2) is 12.3 Å². The van der Waals surface area contributed by atoms with E-state index in [1.54, 1.807) is 0 Å². The van der Waals surface area contributed by atoms with Crippen molar-refractivity contribution in [1.82, 2.24) is 10.3 Å². The van der Waals surface area contributed by atoms with E-state index in [-0.39, 0.29) is 5.56 Å². The van der Waals surface area contributed by atoms with Crippen LogP contribution in [0.5, 0.6) is 0 Å². The average Bonchev–Trinajstić information content (AvgIpc) is 2.27. The number of amides is 1. The van der Waals surface area contributed by atoms with Gasteiger partial charge in [-0.1, -0.05) is 13.8 Å². The highest BCUT2D eigenvalue weighted by Crippen LogP contribution is 2.09. The number of hydrogen-bond acceptors (Lipinski definition) is 2. The van der Waals surface area contributed by atoms with Gasteiger partial charge in [-0.2, -0.15) is 4.39 Å². The Morgan fingerprint density at radius 1 is 1.47 bits per heavy atom. The van der Waals surface area contributed by atoms with Gasteiger partial charge < -0.3 is 5.32 Å². The molecule has 0 atom stereocenters. The summed E-state index contributed by atoms with van der Waals surface area (Å²) in [7, 11) is 0. The zero-order valence-electron chi connectivity index (χ0n) is 9.96. The van der Waals surface area contributed by atoms with Gasteiger partial charge in [0.05, 0.1) is 5.56 Å². The molecule has 1 heterocycles. The molecule has 94 valence electrons. The quantitative estimate of drug-likeness (QED) is 0.636. The van der Waals surface area contributed by atoms with Crippen LogP contribution in [0.3, 0.4) is 0 Å². The third-order valence-electron chi connectivity index (χ3n) is 2.34. The van der Waals surface area contributed by atoms with Crippen molar-refractivity contribution in [2.75, 3.05) is 6.54 Å². The van der Waals surface area contributed by atoms with E-state index in [0.717, 1.165) is 25.1 Å². The maximum Gasteiger partial charge on any atom is 0.254 e. The average molecular weight is 242 g/mol. The van der Waals surface area contributed by atoms with E-state index in [0.29, 0.717) is 12.5 Å². The molecule has 0 radical (unpaired) electrons. The summed E-state index contributed by atoms with van der Waals surface area (Å²) in [5.74, 6) is -2.50. The first-order chi connectivity index (χ1) is 8.02. The lowest BCUT2D eigenvalue weighted by molar-refractivity contribution is 0.0947. The molecule has 1 amide bonds. The van der Waals surface area contributed by atoms with Crippen LogP contribution in [0.1, 0.15) is 37.0 Å². The fraction of sp³-hybridized carbons (Fsp3) is 0.500. The molecular weight excluding hydrogens is 226 g/mol. The van der Waals surface area contributed by atoms with Crippen molar-refractivity contribution in [2.45, 2.75) is 26.7 Å². The summed E-state index contributed by atoms with van der Waals surface area (Å²) in [5, 5.41) is 2.55. The van der Waals surface area contributed by atoms with Gasteiger partial charge in [-0.15, -0.1) is 0 Å². The van der Waals surface area contributed by atoms with Gasteiger partial charge in [0.2, 0.25) is 5.95 Å². The summed E-state index contributed by atoms with van der Waals surface area (Å²) in [6.45, 7) is 4.62. The normalized spacial score (nSPS) is 10.6. The van der Waals surface area contributed by atoms with Crippen LogP contribution in [0.25, 0.3) is 0 Å². The molecule has 17 heavy (non-hydrogen) atoms. The van der Waals surface area contributed by atoms with Crippen molar-refractivity contribution >= 4 is 5.91 Å². The minimum absolute atomic E-state index is 0.304. The summed E-state index contributed by atoms with van der Waals surface area (Å²) in [4.78, 5) is 14.6. The van der Waals surface area contributed by atoms with Gasteiger partial charge in [0.15, 0.2) is 5.82 Å². The Morgan fingerprint density at radius 3 is 2.82 bits per heavy atom. The third kappa shape index (κ3) is 4.09. The molecule has 0 spiro atoms. The molecule has 1 aromatic heterocycles. The lowest BCUT2D eigenvalue weighted by atomic mass is 10.1. The molecule has 1 N–H and O–H groups in total. The molecular formula is C12H16F2N2O. The highest BCUT2D eigenvalue weighted by Gasteiger charge is 2.15. The van der Waals surface area contributed by atoms with Crippen LogP contribution >= 0.6 is 0 Å². The first-order valence-electron chi connectivity index (χ1n) is 5.60. The Labute approximate surface area is 99.2 Å². The van der Waals surface area contributed by atoms with E-state index in [1.165, 1.54) is 0 Å². The predicted molar refractivity (Wildman–Crippen MR) is 60.6 cm³/mol.